The number of hydrogen-bond acceptors (Lipinski definition) is 4. The van der Waals surface area contributed by atoms with E-state index >= 15 is 0 Å². The fraction of sp³-hybridized carbons (Fsp3) is 0.500. The summed E-state index contributed by atoms with van der Waals surface area (Å²) in [5.41, 5.74) is 0.441. The van der Waals surface area contributed by atoms with Crippen LogP contribution in [0.15, 0.2) is 29.4 Å². The Bertz CT molecular complexity index is 330. The Morgan fingerprint density at radius 1 is 1.44 bits per heavy atom. The summed E-state index contributed by atoms with van der Waals surface area (Å²) in [6.45, 7) is 4.78. The van der Waals surface area contributed by atoms with E-state index in [1.54, 1.807) is 0 Å². The zero-order chi connectivity index (χ0) is 12.0. The van der Waals surface area contributed by atoms with Gasteiger partial charge in [0, 0.05) is 12.5 Å². The van der Waals surface area contributed by atoms with Gasteiger partial charge in [-0.25, -0.2) is 4.79 Å². The minimum atomic E-state index is -0.364. The van der Waals surface area contributed by atoms with E-state index in [0.29, 0.717) is 18.7 Å². The summed E-state index contributed by atoms with van der Waals surface area (Å²) in [7, 11) is 1.37. The molecule has 0 N–H and O–H groups in total. The van der Waals surface area contributed by atoms with Crippen LogP contribution in [0.3, 0.4) is 0 Å². The lowest BCUT2D eigenvalue weighted by Crippen LogP contribution is -2.29. The molecule has 1 aliphatic rings. The van der Waals surface area contributed by atoms with Crippen molar-refractivity contribution in [2.75, 3.05) is 13.7 Å². The Morgan fingerprint density at radius 2 is 2.12 bits per heavy atom. The summed E-state index contributed by atoms with van der Waals surface area (Å²) in [6, 6.07) is 0.252. The molecule has 0 aliphatic carbocycles. The van der Waals surface area contributed by atoms with E-state index in [4.69, 9.17) is 4.74 Å². The summed E-state index contributed by atoms with van der Waals surface area (Å²) in [5.74, 6) is -0.364. The second kappa shape index (κ2) is 6.10. The zero-order valence-electron chi connectivity index (χ0n) is 10.0. The van der Waals surface area contributed by atoms with Crippen LogP contribution in [-0.4, -0.2) is 36.4 Å². The van der Waals surface area contributed by atoms with Crippen LogP contribution in [0.2, 0.25) is 0 Å². The molecule has 0 atom stereocenters. The lowest BCUT2D eigenvalue weighted by molar-refractivity contribution is -0.132. The molecule has 0 saturated carbocycles. The minimum absolute atomic E-state index is 0.252. The highest BCUT2D eigenvalue weighted by Crippen LogP contribution is 2.05. The number of carbonyl (C=O) groups excluding carboxylic acids is 1. The number of carbonyl (C=O) groups is 1. The third-order valence-electron chi connectivity index (χ3n) is 2.25. The fourth-order valence-electron chi connectivity index (χ4n) is 1.31. The van der Waals surface area contributed by atoms with Crippen molar-refractivity contribution >= 4 is 11.7 Å². The molecule has 0 aromatic heterocycles. The average molecular weight is 222 g/mol. The summed E-state index contributed by atoms with van der Waals surface area (Å²) < 4.78 is 4.70. The van der Waals surface area contributed by atoms with E-state index in [2.05, 4.69) is 5.10 Å². The second-order valence-corrected chi connectivity index (χ2v) is 3.81. The molecule has 88 valence electrons. The molecule has 1 aliphatic heterocycles. The van der Waals surface area contributed by atoms with Gasteiger partial charge in [-0.3, -0.25) is 5.01 Å². The molecule has 0 unspecified atom stereocenters. The van der Waals surface area contributed by atoms with Crippen LogP contribution < -0.4 is 0 Å². The summed E-state index contributed by atoms with van der Waals surface area (Å²) in [4.78, 5) is 11.5. The SMILES string of the molecule is COC(=O)/C1=N/N(C(C)C)C/C=C\C=C/C1. The van der Waals surface area contributed by atoms with Gasteiger partial charge in [0.2, 0.25) is 0 Å². The molecule has 4 nitrogen and oxygen atoms in total. The highest BCUT2D eigenvalue weighted by atomic mass is 16.5. The number of methoxy groups -OCH3 is 1. The zero-order valence-corrected chi connectivity index (χ0v) is 10.0. The first-order valence-electron chi connectivity index (χ1n) is 5.39. The molecule has 16 heavy (non-hydrogen) atoms. The standard InChI is InChI=1S/C12H18N2O2/c1-10(2)14-9-7-5-4-6-8-11(13-14)12(15)16-3/h4-7,10H,8-9H2,1-3H3/b6-4-,7-5-,13-11+. The van der Waals surface area contributed by atoms with Crippen LogP contribution in [0, 0.1) is 0 Å². The van der Waals surface area contributed by atoms with Crippen LogP contribution in [0.5, 0.6) is 0 Å². The van der Waals surface area contributed by atoms with Gasteiger partial charge in [0.1, 0.15) is 5.71 Å². The number of allylic oxidation sites excluding steroid dienone is 3. The first-order valence-corrected chi connectivity index (χ1v) is 5.39. The summed E-state index contributed by atoms with van der Waals surface area (Å²) in [6.07, 6.45) is 8.30. The summed E-state index contributed by atoms with van der Waals surface area (Å²) >= 11 is 0. The highest BCUT2D eigenvalue weighted by molar-refractivity contribution is 6.36. The number of ether oxygens (including phenoxy) is 1. The van der Waals surface area contributed by atoms with E-state index in [-0.39, 0.29) is 12.0 Å². The number of rotatable bonds is 2. The van der Waals surface area contributed by atoms with Crippen LogP contribution in [-0.2, 0) is 9.53 Å². The van der Waals surface area contributed by atoms with E-state index < -0.39 is 0 Å². The topological polar surface area (TPSA) is 41.9 Å². The third-order valence-corrected chi connectivity index (χ3v) is 2.25. The largest absolute Gasteiger partial charge is 0.464 e. The van der Waals surface area contributed by atoms with Gasteiger partial charge in [0.15, 0.2) is 0 Å². The van der Waals surface area contributed by atoms with E-state index in [1.165, 1.54) is 7.11 Å². The molecular weight excluding hydrogens is 204 g/mol. The van der Waals surface area contributed by atoms with Crippen molar-refractivity contribution in [3.05, 3.63) is 24.3 Å². The van der Waals surface area contributed by atoms with E-state index in [1.807, 2.05) is 43.2 Å². The van der Waals surface area contributed by atoms with Gasteiger partial charge in [0.05, 0.1) is 13.7 Å². The molecular formula is C12H18N2O2. The predicted octanol–water partition coefficient (Wildman–Crippen LogP) is 1.74. The van der Waals surface area contributed by atoms with Gasteiger partial charge < -0.3 is 4.74 Å². The first kappa shape index (κ1) is 12.5. The monoisotopic (exact) mass is 222 g/mol. The van der Waals surface area contributed by atoms with Crippen LogP contribution in [0.25, 0.3) is 0 Å². The van der Waals surface area contributed by atoms with Crippen molar-refractivity contribution < 1.29 is 9.53 Å². The van der Waals surface area contributed by atoms with Crippen molar-refractivity contribution in [1.82, 2.24) is 5.01 Å². The van der Waals surface area contributed by atoms with Gasteiger partial charge in [-0.1, -0.05) is 24.3 Å². The lowest BCUT2D eigenvalue weighted by Gasteiger charge is -2.22. The number of hydrogen-bond donors (Lipinski definition) is 0. The number of nitrogens with zero attached hydrogens (tertiary/aromatic N) is 2. The molecule has 0 bridgehead atoms. The molecule has 1 rings (SSSR count). The molecule has 0 radical (unpaired) electrons. The van der Waals surface area contributed by atoms with E-state index in [9.17, 15) is 4.79 Å². The second-order valence-electron chi connectivity index (χ2n) is 3.81. The Balaban J connectivity index is 2.92. The predicted molar refractivity (Wildman–Crippen MR) is 64.2 cm³/mol. The van der Waals surface area contributed by atoms with Gasteiger partial charge in [-0.05, 0) is 13.8 Å². The van der Waals surface area contributed by atoms with E-state index in [0.717, 1.165) is 0 Å². The molecule has 1 heterocycles. The van der Waals surface area contributed by atoms with Gasteiger partial charge >= 0.3 is 5.97 Å². The molecule has 0 amide bonds. The fourth-order valence-corrected chi connectivity index (χ4v) is 1.31. The molecule has 4 heteroatoms. The molecule has 0 saturated heterocycles. The van der Waals surface area contributed by atoms with Crippen molar-refractivity contribution in [2.24, 2.45) is 5.10 Å². The van der Waals surface area contributed by atoms with Gasteiger partial charge in [0.25, 0.3) is 0 Å². The molecule has 0 spiro atoms. The molecule has 0 aromatic rings. The lowest BCUT2D eigenvalue weighted by atomic mass is 10.2. The van der Waals surface area contributed by atoms with Crippen molar-refractivity contribution in [3.8, 4) is 0 Å². The van der Waals surface area contributed by atoms with Gasteiger partial charge in [-0.15, -0.1) is 0 Å². The third kappa shape index (κ3) is 3.53. The first-order chi connectivity index (χ1) is 7.65. The maximum absolute atomic E-state index is 11.5. The minimum Gasteiger partial charge on any atom is -0.464 e. The summed E-state index contributed by atoms with van der Waals surface area (Å²) in [5, 5.41) is 6.21. The van der Waals surface area contributed by atoms with Crippen LogP contribution in [0.1, 0.15) is 20.3 Å². The molecule has 0 aromatic carbocycles. The maximum Gasteiger partial charge on any atom is 0.354 e. The van der Waals surface area contributed by atoms with Crippen molar-refractivity contribution in [2.45, 2.75) is 26.3 Å². The number of hydrazone groups is 1. The highest BCUT2D eigenvalue weighted by Gasteiger charge is 2.14. The Labute approximate surface area is 96.3 Å². The smallest absolute Gasteiger partial charge is 0.354 e. The normalized spacial score (nSPS) is 23.8. The Kier molecular flexibility index (Phi) is 4.76. The van der Waals surface area contributed by atoms with Crippen LogP contribution in [0.4, 0.5) is 0 Å². The quantitative estimate of drug-likeness (QED) is 0.668. The van der Waals surface area contributed by atoms with Crippen LogP contribution >= 0.6 is 0 Å². The molecule has 0 fully saturated rings. The van der Waals surface area contributed by atoms with Crippen molar-refractivity contribution in [1.29, 1.82) is 0 Å². The average Bonchev–Trinajstić information content (AvgIpc) is 2.39. The Hall–Kier alpha value is -1.58. The Morgan fingerprint density at radius 3 is 2.75 bits per heavy atom. The number of esters is 1. The maximum atomic E-state index is 11.5. The van der Waals surface area contributed by atoms with Crippen molar-refractivity contribution in [3.63, 3.8) is 0 Å². The van der Waals surface area contributed by atoms with Gasteiger partial charge in [-0.2, -0.15) is 5.10 Å².